The minimum absolute atomic E-state index is 0.235. The first-order valence-electron chi connectivity index (χ1n) is 9.22. The molecule has 3 aromatic rings. The van der Waals surface area contributed by atoms with Crippen molar-refractivity contribution in [3.63, 3.8) is 0 Å². The van der Waals surface area contributed by atoms with Crippen molar-refractivity contribution in [3.8, 4) is 0 Å². The molecule has 0 saturated carbocycles. The highest BCUT2D eigenvalue weighted by molar-refractivity contribution is 7.92. The molecule has 0 bridgehead atoms. The number of sulfonamides is 1. The van der Waals surface area contributed by atoms with Crippen molar-refractivity contribution in [2.45, 2.75) is 38.1 Å². The lowest BCUT2D eigenvalue weighted by Gasteiger charge is -2.11. The van der Waals surface area contributed by atoms with Gasteiger partial charge >= 0.3 is 0 Å². The summed E-state index contributed by atoms with van der Waals surface area (Å²) >= 11 is 0. The zero-order valence-corrected chi connectivity index (χ0v) is 17.1. The summed E-state index contributed by atoms with van der Waals surface area (Å²) in [5.74, 6) is 1.04. The Morgan fingerprint density at radius 2 is 1.75 bits per heavy atom. The Bertz CT molecular complexity index is 1030. The number of nitrogens with zero attached hydrogens (tertiary/aromatic N) is 1. The molecule has 0 amide bonds. The number of nitrogens with one attached hydrogen (secondary N) is 2. The third-order valence-electron chi connectivity index (χ3n) is 4.43. The van der Waals surface area contributed by atoms with E-state index >= 15 is 0 Å². The smallest absolute Gasteiger partial charge is 0.261 e. The van der Waals surface area contributed by atoms with Crippen molar-refractivity contribution in [1.29, 1.82) is 0 Å². The van der Waals surface area contributed by atoms with E-state index in [1.807, 2.05) is 24.3 Å². The minimum atomic E-state index is -3.64. The SMILES string of the molecule is Cc1cccc(CNc2ccc(NS(=O)(=O)c3ccc(C(C)C)cc3)cn2)c1. The van der Waals surface area contributed by atoms with E-state index in [2.05, 4.69) is 47.9 Å². The normalized spacial score (nSPS) is 11.4. The van der Waals surface area contributed by atoms with E-state index < -0.39 is 10.0 Å². The second-order valence-electron chi connectivity index (χ2n) is 7.10. The molecule has 28 heavy (non-hydrogen) atoms. The predicted octanol–water partition coefficient (Wildman–Crippen LogP) is 4.93. The molecule has 0 fully saturated rings. The molecular formula is C22H25N3O2S. The van der Waals surface area contributed by atoms with E-state index in [-0.39, 0.29) is 4.90 Å². The average molecular weight is 396 g/mol. The van der Waals surface area contributed by atoms with Crippen LogP contribution in [0.5, 0.6) is 0 Å². The minimum Gasteiger partial charge on any atom is -0.366 e. The number of aromatic nitrogens is 1. The molecule has 0 spiro atoms. The second-order valence-corrected chi connectivity index (χ2v) is 8.79. The summed E-state index contributed by atoms with van der Waals surface area (Å²) in [6.07, 6.45) is 1.51. The van der Waals surface area contributed by atoms with Gasteiger partial charge in [-0.2, -0.15) is 0 Å². The molecule has 0 atom stereocenters. The van der Waals surface area contributed by atoms with Crippen LogP contribution < -0.4 is 10.0 Å². The maximum absolute atomic E-state index is 12.6. The van der Waals surface area contributed by atoms with Crippen molar-refractivity contribution in [1.82, 2.24) is 4.98 Å². The molecular weight excluding hydrogens is 370 g/mol. The molecule has 0 aliphatic heterocycles. The standard InChI is InChI=1S/C22H25N3O2S/c1-16(2)19-7-10-21(11-8-19)28(26,27)25-20-9-12-22(24-15-20)23-14-18-6-4-5-17(3)13-18/h4-13,15-16,25H,14H2,1-3H3,(H,23,24). The van der Waals surface area contributed by atoms with Gasteiger partial charge in [0.05, 0.1) is 16.8 Å². The molecule has 1 aromatic heterocycles. The van der Waals surface area contributed by atoms with Crippen LogP contribution in [0.25, 0.3) is 0 Å². The summed E-state index contributed by atoms with van der Waals surface area (Å²) in [6.45, 7) is 6.85. The molecule has 2 N–H and O–H groups in total. The van der Waals surface area contributed by atoms with Gasteiger partial charge in [0.25, 0.3) is 10.0 Å². The number of rotatable bonds is 7. The van der Waals surface area contributed by atoms with Crippen molar-refractivity contribution >= 4 is 21.5 Å². The number of aryl methyl sites for hydroxylation is 1. The molecule has 6 heteroatoms. The summed E-state index contributed by atoms with van der Waals surface area (Å²) in [7, 11) is -3.64. The predicted molar refractivity (Wildman–Crippen MR) is 114 cm³/mol. The summed E-state index contributed by atoms with van der Waals surface area (Å²) in [4.78, 5) is 4.53. The molecule has 0 aliphatic rings. The fourth-order valence-electron chi connectivity index (χ4n) is 2.82. The van der Waals surface area contributed by atoms with Gasteiger partial charge in [-0.25, -0.2) is 13.4 Å². The molecule has 146 valence electrons. The molecule has 2 aromatic carbocycles. The fraction of sp³-hybridized carbons (Fsp3) is 0.227. The Balaban J connectivity index is 1.64. The highest BCUT2D eigenvalue weighted by Gasteiger charge is 2.14. The second kappa shape index (κ2) is 8.44. The largest absolute Gasteiger partial charge is 0.366 e. The van der Waals surface area contributed by atoms with Crippen LogP contribution in [0.2, 0.25) is 0 Å². The first kappa shape index (κ1) is 19.9. The average Bonchev–Trinajstić information content (AvgIpc) is 2.67. The van der Waals surface area contributed by atoms with Crippen LogP contribution in [-0.2, 0) is 16.6 Å². The van der Waals surface area contributed by atoms with Crippen LogP contribution in [0, 0.1) is 6.92 Å². The highest BCUT2D eigenvalue weighted by Crippen LogP contribution is 2.20. The van der Waals surface area contributed by atoms with Gasteiger partial charge in [-0.1, -0.05) is 55.8 Å². The topological polar surface area (TPSA) is 71.1 Å². The maximum atomic E-state index is 12.6. The van der Waals surface area contributed by atoms with Gasteiger partial charge in [-0.05, 0) is 48.2 Å². The zero-order valence-electron chi connectivity index (χ0n) is 16.3. The monoisotopic (exact) mass is 395 g/mol. The third-order valence-corrected chi connectivity index (χ3v) is 5.83. The van der Waals surface area contributed by atoms with E-state index in [1.165, 1.54) is 11.8 Å². The van der Waals surface area contributed by atoms with Gasteiger partial charge in [-0.3, -0.25) is 4.72 Å². The molecule has 0 unspecified atom stereocenters. The number of hydrogen-bond donors (Lipinski definition) is 2. The molecule has 0 saturated heterocycles. The molecule has 5 nitrogen and oxygen atoms in total. The van der Waals surface area contributed by atoms with E-state index in [0.29, 0.717) is 24.0 Å². The van der Waals surface area contributed by atoms with Crippen LogP contribution in [0.1, 0.15) is 36.5 Å². The van der Waals surface area contributed by atoms with E-state index in [1.54, 1.807) is 24.3 Å². The van der Waals surface area contributed by atoms with Crippen molar-refractivity contribution in [2.24, 2.45) is 0 Å². The van der Waals surface area contributed by atoms with Crippen LogP contribution in [0.15, 0.2) is 71.8 Å². The van der Waals surface area contributed by atoms with Gasteiger partial charge in [0, 0.05) is 6.54 Å². The third kappa shape index (κ3) is 5.10. The lowest BCUT2D eigenvalue weighted by atomic mass is 10.0. The van der Waals surface area contributed by atoms with Gasteiger partial charge in [-0.15, -0.1) is 0 Å². The van der Waals surface area contributed by atoms with E-state index in [0.717, 1.165) is 11.1 Å². The fourth-order valence-corrected chi connectivity index (χ4v) is 3.86. The molecule has 0 radical (unpaired) electrons. The number of hydrogen-bond acceptors (Lipinski definition) is 4. The summed E-state index contributed by atoms with van der Waals surface area (Å²) in [6, 6.07) is 18.6. The Morgan fingerprint density at radius 3 is 2.36 bits per heavy atom. The van der Waals surface area contributed by atoms with Crippen molar-refractivity contribution < 1.29 is 8.42 Å². The van der Waals surface area contributed by atoms with Crippen LogP contribution in [-0.4, -0.2) is 13.4 Å². The highest BCUT2D eigenvalue weighted by atomic mass is 32.2. The number of anilines is 2. The first-order chi connectivity index (χ1) is 13.3. The summed E-state index contributed by atoms with van der Waals surface area (Å²) in [5.41, 5.74) is 3.90. The van der Waals surface area contributed by atoms with Gasteiger partial charge in [0.2, 0.25) is 0 Å². The zero-order chi connectivity index (χ0) is 20.1. The quantitative estimate of drug-likeness (QED) is 0.595. The Labute approximate surface area is 166 Å². The molecule has 0 aliphatic carbocycles. The Morgan fingerprint density at radius 1 is 1.00 bits per heavy atom. The maximum Gasteiger partial charge on any atom is 0.261 e. The summed E-state index contributed by atoms with van der Waals surface area (Å²) < 4.78 is 27.7. The van der Waals surface area contributed by atoms with E-state index in [4.69, 9.17) is 0 Å². The van der Waals surface area contributed by atoms with Gasteiger partial charge < -0.3 is 5.32 Å². The van der Waals surface area contributed by atoms with Crippen LogP contribution in [0.4, 0.5) is 11.5 Å². The number of benzene rings is 2. The summed E-state index contributed by atoms with van der Waals surface area (Å²) in [5, 5.41) is 3.24. The molecule has 1 heterocycles. The van der Waals surface area contributed by atoms with Gasteiger partial charge in [0.1, 0.15) is 5.82 Å². The first-order valence-corrected chi connectivity index (χ1v) is 10.7. The van der Waals surface area contributed by atoms with E-state index in [9.17, 15) is 8.42 Å². The Kier molecular flexibility index (Phi) is 5.99. The van der Waals surface area contributed by atoms with Crippen molar-refractivity contribution in [2.75, 3.05) is 10.0 Å². The van der Waals surface area contributed by atoms with Crippen LogP contribution in [0.3, 0.4) is 0 Å². The molecule has 3 rings (SSSR count). The van der Waals surface area contributed by atoms with Gasteiger partial charge in [0.15, 0.2) is 0 Å². The lowest BCUT2D eigenvalue weighted by molar-refractivity contribution is 0.601. The Hall–Kier alpha value is -2.86. The van der Waals surface area contributed by atoms with Crippen LogP contribution >= 0.6 is 0 Å². The van der Waals surface area contributed by atoms with Crippen molar-refractivity contribution in [3.05, 3.63) is 83.6 Å². The number of pyridine rings is 1. The lowest BCUT2D eigenvalue weighted by Crippen LogP contribution is -2.13.